The van der Waals surface area contributed by atoms with Gasteiger partial charge in [-0.25, -0.2) is 18.4 Å². The molecule has 0 radical (unpaired) electrons. The van der Waals surface area contributed by atoms with Crippen LogP contribution in [0.4, 0.5) is 5.82 Å². The van der Waals surface area contributed by atoms with Gasteiger partial charge in [-0.15, -0.1) is 0 Å². The van der Waals surface area contributed by atoms with E-state index in [1.54, 1.807) is 19.1 Å². The summed E-state index contributed by atoms with van der Waals surface area (Å²) in [5, 5.41) is 0.406. The first-order valence-corrected chi connectivity index (χ1v) is 8.28. The molecular weight excluding hydrogens is 310 g/mol. The Hall–Kier alpha value is -1.66. The molecule has 1 N–H and O–H groups in total. The van der Waals surface area contributed by atoms with Crippen LogP contribution in [0.15, 0.2) is 35.4 Å². The molecule has 0 aliphatic carbocycles. The van der Waals surface area contributed by atoms with Gasteiger partial charge in [0.15, 0.2) is 0 Å². The smallest absolute Gasteiger partial charge is 0.263 e. The summed E-state index contributed by atoms with van der Waals surface area (Å²) in [5.74, 6) is 0.938. The van der Waals surface area contributed by atoms with E-state index in [0.29, 0.717) is 16.4 Å². The monoisotopic (exact) mass is 325 g/mol. The van der Waals surface area contributed by atoms with Crippen molar-refractivity contribution in [2.75, 3.05) is 4.72 Å². The second-order valence-corrected chi connectivity index (χ2v) is 6.98. The van der Waals surface area contributed by atoms with Gasteiger partial charge in [0, 0.05) is 17.1 Å². The van der Waals surface area contributed by atoms with E-state index in [0.717, 1.165) is 0 Å². The molecule has 0 aliphatic heterocycles. The average molecular weight is 326 g/mol. The Labute approximate surface area is 129 Å². The Kier molecular flexibility index (Phi) is 4.49. The molecule has 0 unspecified atom stereocenters. The van der Waals surface area contributed by atoms with Crippen LogP contribution < -0.4 is 4.72 Å². The normalized spacial score (nSPS) is 11.7. The average Bonchev–Trinajstić information content (AvgIpc) is 2.41. The molecule has 2 aromatic rings. The molecule has 0 bridgehead atoms. The van der Waals surface area contributed by atoms with Crippen LogP contribution in [0.1, 0.15) is 31.2 Å². The predicted molar refractivity (Wildman–Crippen MR) is 83.1 cm³/mol. The van der Waals surface area contributed by atoms with Crippen LogP contribution in [0.3, 0.4) is 0 Å². The van der Waals surface area contributed by atoms with E-state index in [1.807, 2.05) is 13.8 Å². The van der Waals surface area contributed by atoms with Gasteiger partial charge >= 0.3 is 0 Å². The third-order valence-electron chi connectivity index (χ3n) is 2.94. The van der Waals surface area contributed by atoms with Crippen molar-refractivity contribution in [1.82, 2.24) is 9.97 Å². The van der Waals surface area contributed by atoms with Crippen molar-refractivity contribution in [2.24, 2.45) is 0 Å². The summed E-state index contributed by atoms with van der Waals surface area (Å²) in [7, 11) is -3.73. The van der Waals surface area contributed by atoms with Gasteiger partial charge < -0.3 is 0 Å². The largest absolute Gasteiger partial charge is 0.263 e. The van der Waals surface area contributed by atoms with Gasteiger partial charge in [0.1, 0.15) is 11.6 Å². The first-order valence-electron chi connectivity index (χ1n) is 6.42. The van der Waals surface area contributed by atoms with Gasteiger partial charge in [-0.1, -0.05) is 31.5 Å². The minimum absolute atomic E-state index is 0.113. The highest BCUT2D eigenvalue weighted by Crippen LogP contribution is 2.24. The van der Waals surface area contributed by atoms with Crippen LogP contribution in [-0.4, -0.2) is 18.4 Å². The predicted octanol–water partition coefficient (Wildman–Crippen LogP) is 3.36. The Morgan fingerprint density at radius 1 is 1.24 bits per heavy atom. The highest BCUT2D eigenvalue weighted by atomic mass is 35.5. The Morgan fingerprint density at radius 2 is 1.95 bits per heavy atom. The molecule has 7 heteroatoms. The minimum atomic E-state index is -3.73. The van der Waals surface area contributed by atoms with Gasteiger partial charge in [-0.3, -0.25) is 4.72 Å². The SMILES string of the molecule is Cc1c(Cl)cccc1S(=O)(=O)Nc1ccnc(C(C)C)n1. The second kappa shape index (κ2) is 5.99. The molecule has 0 saturated heterocycles. The zero-order valence-corrected chi connectivity index (χ0v) is 13.5. The molecule has 21 heavy (non-hydrogen) atoms. The van der Waals surface area contributed by atoms with Crippen LogP contribution in [0.2, 0.25) is 5.02 Å². The van der Waals surface area contributed by atoms with Crippen molar-refractivity contribution in [2.45, 2.75) is 31.6 Å². The van der Waals surface area contributed by atoms with Crippen molar-refractivity contribution < 1.29 is 8.42 Å². The van der Waals surface area contributed by atoms with Crippen molar-refractivity contribution in [3.8, 4) is 0 Å². The van der Waals surface area contributed by atoms with Crippen LogP contribution >= 0.6 is 11.6 Å². The zero-order chi connectivity index (χ0) is 15.6. The molecule has 112 valence electrons. The lowest BCUT2D eigenvalue weighted by atomic mass is 10.2. The van der Waals surface area contributed by atoms with E-state index in [9.17, 15) is 8.42 Å². The van der Waals surface area contributed by atoms with Crippen molar-refractivity contribution in [3.05, 3.63) is 46.9 Å². The van der Waals surface area contributed by atoms with E-state index < -0.39 is 10.0 Å². The van der Waals surface area contributed by atoms with Gasteiger partial charge in [-0.2, -0.15) is 0 Å². The van der Waals surface area contributed by atoms with Gasteiger partial charge in [0.25, 0.3) is 10.0 Å². The van der Waals surface area contributed by atoms with E-state index in [1.165, 1.54) is 18.3 Å². The molecule has 1 heterocycles. The molecule has 1 aromatic carbocycles. The fourth-order valence-electron chi connectivity index (χ4n) is 1.78. The molecule has 0 spiro atoms. The summed E-state index contributed by atoms with van der Waals surface area (Å²) in [5.41, 5.74) is 0.504. The minimum Gasteiger partial charge on any atom is -0.263 e. The lowest BCUT2D eigenvalue weighted by Crippen LogP contribution is -2.16. The van der Waals surface area contributed by atoms with Crippen molar-refractivity contribution in [3.63, 3.8) is 0 Å². The lowest BCUT2D eigenvalue weighted by molar-refractivity contribution is 0.600. The molecular formula is C14H16ClN3O2S. The zero-order valence-electron chi connectivity index (χ0n) is 12.0. The first kappa shape index (κ1) is 15.7. The molecule has 0 atom stereocenters. The Morgan fingerprint density at radius 3 is 2.62 bits per heavy atom. The molecule has 0 amide bonds. The van der Waals surface area contributed by atoms with E-state index in [-0.39, 0.29) is 16.6 Å². The summed E-state index contributed by atoms with van der Waals surface area (Å²) in [6, 6.07) is 6.28. The lowest BCUT2D eigenvalue weighted by Gasteiger charge is -2.11. The third-order valence-corrected chi connectivity index (χ3v) is 4.85. The number of sulfonamides is 1. The molecule has 0 fully saturated rings. The summed E-state index contributed by atoms with van der Waals surface area (Å²) in [6.45, 7) is 5.54. The first-order chi connectivity index (χ1) is 9.81. The number of nitrogens with zero attached hydrogens (tertiary/aromatic N) is 2. The number of anilines is 1. The number of rotatable bonds is 4. The highest BCUT2D eigenvalue weighted by Gasteiger charge is 2.19. The maximum atomic E-state index is 12.4. The number of hydrogen-bond acceptors (Lipinski definition) is 4. The van der Waals surface area contributed by atoms with Crippen LogP contribution in [-0.2, 0) is 10.0 Å². The maximum Gasteiger partial charge on any atom is 0.263 e. The molecule has 0 saturated carbocycles. The summed E-state index contributed by atoms with van der Waals surface area (Å²) < 4.78 is 27.3. The topological polar surface area (TPSA) is 72.0 Å². The van der Waals surface area contributed by atoms with Gasteiger partial charge in [0.05, 0.1) is 4.90 Å². The Balaban J connectivity index is 2.38. The van der Waals surface area contributed by atoms with E-state index in [2.05, 4.69) is 14.7 Å². The van der Waals surface area contributed by atoms with Crippen LogP contribution in [0.25, 0.3) is 0 Å². The fraction of sp³-hybridized carbons (Fsp3) is 0.286. The summed E-state index contributed by atoms with van der Waals surface area (Å²) in [6.07, 6.45) is 1.53. The fourth-order valence-corrected chi connectivity index (χ4v) is 3.28. The van der Waals surface area contributed by atoms with Gasteiger partial charge in [0.2, 0.25) is 0 Å². The van der Waals surface area contributed by atoms with Crippen molar-refractivity contribution >= 4 is 27.4 Å². The maximum absolute atomic E-state index is 12.4. The van der Waals surface area contributed by atoms with Crippen LogP contribution in [0.5, 0.6) is 0 Å². The number of halogens is 1. The second-order valence-electron chi connectivity index (χ2n) is 4.92. The summed E-state index contributed by atoms with van der Waals surface area (Å²) in [4.78, 5) is 8.45. The van der Waals surface area contributed by atoms with Crippen LogP contribution in [0, 0.1) is 6.92 Å². The summed E-state index contributed by atoms with van der Waals surface area (Å²) >= 11 is 5.97. The standard InChI is InChI=1S/C14H16ClN3O2S/c1-9(2)14-16-8-7-13(17-14)18-21(19,20)12-6-4-5-11(15)10(12)3/h4-9H,1-3H3,(H,16,17,18). The van der Waals surface area contributed by atoms with Crippen molar-refractivity contribution in [1.29, 1.82) is 0 Å². The number of aromatic nitrogens is 2. The van der Waals surface area contributed by atoms with Gasteiger partial charge in [-0.05, 0) is 30.7 Å². The quantitative estimate of drug-likeness (QED) is 0.935. The van der Waals surface area contributed by atoms with E-state index in [4.69, 9.17) is 11.6 Å². The Bertz CT molecular complexity index is 761. The van der Waals surface area contributed by atoms with E-state index >= 15 is 0 Å². The number of nitrogens with one attached hydrogen (secondary N) is 1. The highest BCUT2D eigenvalue weighted by molar-refractivity contribution is 7.92. The number of benzene rings is 1. The molecule has 2 rings (SSSR count). The molecule has 1 aromatic heterocycles. The third kappa shape index (κ3) is 3.51. The number of hydrogen-bond donors (Lipinski definition) is 1. The molecule has 5 nitrogen and oxygen atoms in total. The molecule has 0 aliphatic rings.